The lowest BCUT2D eigenvalue weighted by Gasteiger charge is -2.46. The average Bonchev–Trinajstić information content (AvgIpc) is 3.98. The Bertz CT molecular complexity index is 2420. The van der Waals surface area contributed by atoms with Gasteiger partial charge in [0.1, 0.15) is 66.8 Å². The molecule has 0 bridgehead atoms. The molecule has 30 nitrogen and oxygen atoms in total. The second-order valence-electron chi connectivity index (χ2n) is 17.4. The fraction of sp³-hybridized carbons (Fsp3) is 0.524. The van der Waals surface area contributed by atoms with Crippen molar-refractivity contribution < 1.29 is 79.3 Å². The van der Waals surface area contributed by atoms with Gasteiger partial charge in [0.25, 0.3) is 0 Å². The van der Waals surface area contributed by atoms with Crippen LogP contribution in [0.4, 0.5) is 5.69 Å². The van der Waals surface area contributed by atoms with Crippen LogP contribution in [0, 0.1) is 10.1 Å². The molecule has 0 aliphatic carbocycles. The van der Waals surface area contributed by atoms with Crippen LogP contribution >= 0.6 is 0 Å². The maximum atomic E-state index is 14.7. The number of aliphatic hydroxyl groups excluding tert-OH is 7. The molecule has 72 heavy (non-hydrogen) atoms. The van der Waals surface area contributed by atoms with Gasteiger partial charge in [0.15, 0.2) is 23.9 Å². The lowest BCUT2D eigenvalue weighted by molar-refractivity contribution is -0.385. The van der Waals surface area contributed by atoms with E-state index < -0.39 is 182 Å². The van der Waals surface area contributed by atoms with Crippen molar-refractivity contribution in [1.29, 1.82) is 0 Å². The van der Waals surface area contributed by atoms with E-state index in [0.29, 0.717) is 5.56 Å². The number of phenolic OH excluding ortho intramolecular Hbond substituents is 1. The first-order valence-corrected chi connectivity index (χ1v) is 22.4. The lowest BCUT2D eigenvalue weighted by Crippen LogP contribution is -2.70. The Kier molecular flexibility index (Phi) is 17.5. The van der Waals surface area contributed by atoms with Crippen LogP contribution in [0.5, 0.6) is 5.75 Å². The van der Waals surface area contributed by atoms with Gasteiger partial charge < -0.3 is 99.2 Å². The molecule has 2 aromatic rings. The van der Waals surface area contributed by atoms with E-state index in [0.717, 1.165) is 17.0 Å². The number of benzene rings is 2. The zero-order chi connectivity index (χ0) is 52.7. The predicted molar refractivity (Wildman–Crippen MR) is 244 cm³/mol. The lowest BCUT2D eigenvalue weighted by atomic mass is 9.92. The van der Waals surface area contributed by atoms with E-state index >= 15 is 0 Å². The maximum Gasteiger partial charge on any atom is 0.310 e. The molecule has 15 atom stereocenters. The van der Waals surface area contributed by atoms with Crippen molar-refractivity contribution in [2.24, 2.45) is 21.5 Å². The Labute approximate surface area is 408 Å². The van der Waals surface area contributed by atoms with Crippen molar-refractivity contribution in [3.63, 3.8) is 0 Å². The molecule has 30 heteroatoms. The number of phenols is 1. The predicted octanol–water partition coefficient (Wildman–Crippen LogP) is -9.00. The van der Waals surface area contributed by atoms with Gasteiger partial charge in [0.05, 0.1) is 49.9 Å². The summed E-state index contributed by atoms with van der Waals surface area (Å²) >= 11 is 0. The number of aliphatic hydroxyl groups is 7. The molecule has 4 heterocycles. The highest BCUT2D eigenvalue weighted by atomic mass is 16.6. The number of nitro benzene ring substituents is 1. The molecule has 0 saturated carbocycles. The number of aliphatic imine (C=N–C) groups is 2. The third kappa shape index (κ3) is 12.0. The van der Waals surface area contributed by atoms with Gasteiger partial charge >= 0.3 is 5.69 Å². The summed E-state index contributed by atoms with van der Waals surface area (Å²) in [5.74, 6) is -9.65. The van der Waals surface area contributed by atoms with Gasteiger partial charge in [0.2, 0.25) is 35.4 Å². The first kappa shape index (κ1) is 54.0. The van der Waals surface area contributed by atoms with E-state index in [1.165, 1.54) is 6.07 Å². The third-order valence-corrected chi connectivity index (χ3v) is 12.6. The largest absolute Gasteiger partial charge is 0.502 e. The number of guanidine groups is 2. The Balaban J connectivity index is 1.43. The van der Waals surface area contributed by atoms with Crippen molar-refractivity contribution >= 4 is 53.0 Å². The molecule has 6 rings (SSSR count). The van der Waals surface area contributed by atoms with E-state index in [2.05, 4.69) is 47.2 Å². The maximum absolute atomic E-state index is 14.7. The van der Waals surface area contributed by atoms with Gasteiger partial charge in [-0.05, 0) is 17.2 Å². The van der Waals surface area contributed by atoms with E-state index in [4.69, 9.17) is 16.2 Å². The molecule has 2 aromatic carbocycles. The van der Waals surface area contributed by atoms with Crippen LogP contribution in [0.3, 0.4) is 0 Å². The quantitative estimate of drug-likeness (QED) is 0.0693. The number of hydrogen-bond acceptors (Lipinski definition) is 23. The molecule has 2 saturated heterocycles. The van der Waals surface area contributed by atoms with Gasteiger partial charge in [-0.25, -0.2) is 0 Å². The molecule has 2 fully saturated rings. The molecule has 4 aliphatic heterocycles. The molecule has 4 aliphatic rings. The molecule has 0 aromatic heterocycles. The van der Waals surface area contributed by atoms with E-state index in [1.807, 2.05) is 0 Å². The highest BCUT2D eigenvalue weighted by Crippen LogP contribution is 2.30. The van der Waals surface area contributed by atoms with E-state index in [9.17, 15) is 79.7 Å². The number of hydrogen-bond donors (Lipinski definition) is 17. The average molecular weight is 1020 g/mol. The number of nitro groups is 1. The Hall–Kier alpha value is -7.32. The number of carbonyl (C=O) groups is 6. The van der Waals surface area contributed by atoms with Crippen molar-refractivity contribution in [2.45, 2.75) is 104 Å². The SMILES string of the molecule is CC(c1ccccc1)C1NC(=O)CNC(=O)C(CO)NC(=O)C(C(O)C2CN=C(N)N2C2OC(CO)C(O)C(O)C2O)NC(=O)C(C(O)C2CN=C(N)N2)NC(=O)C(Cc2ccc(O)c([N+](=O)[O-])c2)NC1=O. The number of carbonyl (C=O) groups excluding carboxylic acids is 6. The monoisotopic (exact) mass is 1020 g/mol. The number of nitrogens with zero attached hydrogens (tertiary/aromatic N) is 4. The molecule has 15 unspecified atom stereocenters. The Morgan fingerprint density at radius 3 is 2.04 bits per heavy atom. The standard InChI is InChI=1S/C42H57N13O17/c1-16(18-5-3-2-4-6-18)27-37(67)48-19(9-17-7-8-24(58)22(10-17)55(70)71)36(66)52-28(30(60)20-11-46-41(43)50-20)39(69)53-29(38(68)49-21(14-56)35(65)45-13-26(59)51-27)31(61)23-12-47-42(44)54(23)40-34(64)33(63)32(62)25(15-57)72-40/h2-8,10,16,19-21,23,25,27-34,40,56-58,60-64H,9,11-15H2,1H3,(H2,44,47)(H,45,65)(H,48,67)(H,49,68)(H,51,59)(H,52,66)(H,53,69)(H3,43,46,50). The molecule has 19 N–H and O–H groups in total. The molecular weight excluding hydrogens is 959 g/mol. The van der Waals surface area contributed by atoms with Crippen molar-refractivity contribution in [1.82, 2.24) is 42.1 Å². The zero-order valence-corrected chi connectivity index (χ0v) is 38.2. The number of nitrogens with two attached hydrogens (primary N) is 2. The third-order valence-electron chi connectivity index (χ3n) is 12.6. The summed E-state index contributed by atoms with van der Waals surface area (Å²) in [6, 6.07) is -1.40. The zero-order valence-electron chi connectivity index (χ0n) is 38.2. The van der Waals surface area contributed by atoms with Gasteiger partial charge in [-0.2, -0.15) is 0 Å². The smallest absolute Gasteiger partial charge is 0.310 e. The fourth-order valence-electron chi connectivity index (χ4n) is 8.55. The van der Waals surface area contributed by atoms with E-state index in [1.54, 1.807) is 37.3 Å². The number of nitrogens with one attached hydrogen (secondary N) is 7. The van der Waals surface area contributed by atoms with Gasteiger partial charge in [0, 0.05) is 18.4 Å². The summed E-state index contributed by atoms with van der Waals surface area (Å²) in [6.45, 7) is -2.20. The first-order valence-electron chi connectivity index (χ1n) is 22.4. The summed E-state index contributed by atoms with van der Waals surface area (Å²) in [4.78, 5) is 105. The minimum Gasteiger partial charge on any atom is -0.502 e. The van der Waals surface area contributed by atoms with Gasteiger partial charge in [-0.1, -0.05) is 43.3 Å². The molecular formula is C42H57N13O17. The summed E-state index contributed by atoms with van der Waals surface area (Å²) in [7, 11) is 0. The van der Waals surface area contributed by atoms with Crippen LogP contribution in [-0.2, 0) is 39.9 Å². The normalized spacial score (nSPS) is 31.4. The van der Waals surface area contributed by atoms with Crippen LogP contribution in [0.25, 0.3) is 0 Å². The fourth-order valence-corrected chi connectivity index (χ4v) is 8.55. The summed E-state index contributed by atoms with van der Waals surface area (Å²) < 4.78 is 5.64. The van der Waals surface area contributed by atoms with Crippen LogP contribution in [0.1, 0.15) is 24.0 Å². The van der Waals surface area contributed by atoms with Crippen LogP contribution in [-0.4, -0.2) is 216 Å². The summed E-state index contributed by atoms with van der Waals surface area (Å²) in [5, 5.41) is 115. The highest BCUT2D eigenvalue weighted by Gasteiger charge is 2.52. The number of aromatic hydroxyl groups is 1. The van der Waals surface area contributed by atoms with Crippen molar-refractivity contribution in [2.75, 3.05) is 32.8 Å². The Morgan fingerprint density at radius 2 is 1.40 bits per heavy atom. The molecule has 6 amide bonds. The van der Waals surface area contributed by atoms with Crippen molar-refractivity contribution in [3.05, 3.63) is 69.8 Å². The minimum absolute atomic E-state index is 0.0259. The topological polar surface area (TPSA) is 481 Å². The minimum atomic E-state index is -2.32. The Morgan fingerprint density at radius 1 is 0.764 bits per heavy atom. The van der Waals surface area contributed by atoms with Gasteiger partial charge in [-0.15, -0.1) is 0 Å². The van der Waals surface area contributed by atoms with Crippen LogP contribution < -0.4 is 48.7 Å². The molecule has 0 spiro atoms. The van der Waals surface area contributed by atoms with Crippen LogP contribution in [0.2, 0.25) is 0 Å². The summed E-state index contributed by atoms with van der Waals surface area (Å²) in [6.07, 6.45) is -14.1. The first-order chi connectivity index (χ1) is 34.1. The second kappa shape index (κ2) is 23.3. The van der Waals surface area contributed by atoms with Crippen LogP contribution in [0.15, 0.2) is 58.5 Å². The highest BCUT2D eigenvalue weighted by molar-refractivity contribution is 5.98. The number of ether oxygens (including phenoxy) is 1. The van der Waals surface area contributed by atoms with Gasteiger partial charge in [-0.3, -0.25) is 48.9 Å². The second-order valence-corrected chi connectivity index (χ2v) is 17.4. The molecule has 0 radical (unpaired) electrons. The van der Waals surface area contributed by atoms with E-state index in [-0.39, 0.29) is 18.1 Å². The van der Waals surface area contributed by atoms with Crippen molar-refractivity contribution in [3.8, 4) is 5.75 Å². The summed E-state index contributed by atoms with van der Waals surface area (Å²) in [5.41, 5.74) is 11.7. The molecule has 392 valence electrons. The number of amides is 6. The number of rotatable bonds is 12.